The number of aliphatic hydroxyl groups excluding tert-OH is 1. The van der Waals surface area contributed by atoms with E-state index in [1.807, 2.05) is 31.2 Å². The molecule has 0 aliphatic rings. The minimum Gasteiger partial charge on any atom is -0.480 e. The Bertz CT molecular complexity index is 375. The molecule has 0 spiro atoms. The van der Waals surface area contributed by atoms with Crippen molar-refractivity contribution in [2.45, 2.75) is 39.0 Å². The van der Waals surface area contributed by atoms with E-state index in [2.05, 4.69) is 5.32 Å². The van der Waals surface area contributed by atoms with E-state index in [9.17, 15) is 4.79 Å². The number of nitrogens with one attached hydrogen (secondary N) is 1. The molecule has 1 atom stereocenters. The van der Waals surface area contributed by atoms with Crippen molar-refractivity contribution >= 4 is 5.97 Å². The molecular weight excluding hydrogens is 218 g/mol. The van der Waals surface area contributed by atoms with Crippen LogP contribution in [-0.2, 0) is 17.9 Å². The first-order valence-electron chi connectivity index (χ1n) is 5.69. The average molecular weight is 237 g/mol. The fraction of sp³-hybridized carbons (Fsp3) is 0.462. The smallest absolute Gasteiger partial charge is 0.323 e. The summed E-state index contributed by atoms with van der Waals surface area (Å²) in [5.41, 5.74) is 0.962. The van der Waals surface area contributed by atoms with Gasteiger partial charge in [0, 0.05) is 6.54 Å². The van der Waals surface area contributed by atoms with Crippen molar-refractivity contribution in [3.63, 3.8) is 0 Å². The second kappa shape index (κ2) is 5.80. The summed E-state index contributed by atoms with van der Waals surface area (Å²) < 4.78 is 0. The number of benzene rings is 1. The molecule has 0 saturated carbocycles. The van der Waals surface area contributed by atoms with E-state index in [0.29, 0.717) is 13.0 Å². The van der Waals surface area contributed by atoms with E-state index in [4.69, 9.17) is 10.2 Å². The highest BCUT2D eigenvalue weighted by Crippen LogP contribution is 2.11. The Morgan fingerprint density at radius 2 is 1.82 bits per heavy atom. The van der Waals surface area contributed by atoms with Crippen molar-refractivity contribution in [3.8, 4) is 0 Å². The standard InChI is InChI=1S/C13H19NO3/c1-3-13(2,12(16)17)14-8-10-4-6-11(9-15)7-5-10/h4-7,14-15H,3,8-9H2,1-2H3,(H,16,17). The second-order valence-electron chi connectivity index (χ2n) is 4.32. The van der Waals surface area contributed by atoms with E-state index >= 15 is 0 Å². The molecule has 0 aromatic heterocycles. The number of hydrogen-bond acceptors (Lipinski definition) is 3. The van der Waals surface area contributed by atoms with Gasteiger partial charge in [-0.2, -0.15) is 0 Å². The van der Waals surface area contributed by atoms with Gasteiger partial charge in [0.1, 0.15) is 5.54 Å². The van der Waals surface area contributed by atoms with Crippen molar-refractivity contribution < 1.29 is 15.0 Å². The average Bonchev–Trinajstić information content (AvgIpc) is 2.36. The lowest BCUT2D eigenvalue weighted by Crippen LogP contribution is -2.48. The number of rotatable bonds is 6. The summed E-state index contributed by atoms with van der Waals surface area (Å²) in [6, 6.07) is 7.44. The van der Waals surface area contributed by atoms with E-state index in [0.717, 1.165) is 11.1 Å². The van der Waals surface area contributed by atoms with Gasteiger partial charge in [0.05, 0.1) is 6.61 Å². The van der Waals surface area contributed by atoms with Gasteiger partial charge in [-0.3, -0.25) is 10.1 Å². The van der Waals surface area contributed by atoms with Crippen molar-refractivity contribution in [1.29, 1.82) is 0 Å². The van der Waals surface area contributed by atoms with Crippen molar-refractivity contribution in [2.75, 3.05) is 0 Å². The molecule has 1 aromatic rings. The molecule has 1 unspecified atom stereocenters. The predicted octanol–water partition coefficient (Wildman–Crippen LogP) is 1.52. The summed E-state index contributed by atoms with van der Waals surface area (Å²) in [6.45, 7) is 4.05. The fourth-order valence-corrected chi connectivity index (χ4v) is 1.41. The summed E-state index contributed by atoms with van der Waals surface area (Å²) in [5.74, 6) is -0.841. The van der Waals surface area contributed by atoms with Gasteiger partial charge >= 0.3 is 5.97 Å². The fourth-order valence-electron chi connectivity index (χ4n) is 1.41. The molecule has 0 aliphatic carbocycles. The number of aliphatic carboxylic acids is 1. The SMILES string of the molecule is CCC(C)(NCc1ccc(CO)cc1)C(=O)O. The van der Waals surface area contributed by atoms with Crippen molar-refractivity contribution in [1.82, 2.24) is 5.32 Å². The van der Waals surface area contributed by atoms with Crippen LogP contribution in [0.4, 0.5) is 0 Å². The number of carboxylic acid groups (broad SMARTS) is 1. The Labute approximate surface area is 101 Å². The third-order valence-corrected chi connectivity index (χ3v) is 3.07. The first-order valence-corrected chi connectivity index (χ1v) is 5.69. The zero-order valence-electron chi connectivity index (χ0n) is 10.2. The molecule has 0 bridgehead atoms. The van der Waals surface area contributed by atoms with Crippen LogP contribution in [0.15, 0.2) is 24.3 Å². The van der Waals surface area contributed by atoms with Crippen LogP contribution in [-0.4, -0.2) is 21.7 Å². The van der Waals surface area contributed by atoms with Crippen molar-refractivity contribution in [2.24, 2.45) is 0 Å². The molecular formula is C13H19NO3. The maximum absolute atomic E-state index is 11.1. The first kappa shape index (κ1) is 13.7. The molecule has 0 fully saturated rings. The Morgan fingerprint density at radius 3 is 2.24 bits per heavy atom. The van der Waals surface area contributed by atoms with E-state index in [1.165, 1.54) is 0 Å². The Morgan fingerprint density at radius 1 is 1.29 bits per heavy atom. The van der Waals surface area contributed by atoms with E-state index in [-0.39, 0.29) is 6.61 Å². The topological polar surface area (TPSA) is 69.6 Å². The van der Waals surface area contributed by atoms with Gasteiger partial charge in [-0.05, 0) is 24.5 Å². The van der Waals surface area contributed by atoms with E-state index in [1.54, 1.807) is 6.92 Å². The largest absolute Gasteiger partial charge is 0.480 e. The third-order valence-electron chi connectivity index (χ3n) is 3.07. The minimum atomic E-state index is -0.893. The summed E-state index contributed by atoms with van der Waals surface area (Å²) in [7, 11) is 0. The lowest BCUT2D eigenvalue weighted by Gasteiger charge is -2.24. The maximum atomic E-state index is 11.1. The Kier molecular flexibility index (Phi) is 4.66. The number of hydrogen-bond donors (Lipinski definition) is 3. The predicted molar refractivity (Wildman–Crippen MR) is 65.5 cm³/mol. The quantitative estimate of drug-likeness (QED) is 0.701. The van der Waals surface area contributed by atoms with Gasteiger partial charge in [-0.15, -0.1) is 0 Å². The molecule has 94 valence electrons. The normalized spacial score (nSPS) is 14.3. The van der Waals surface area contributed by atoms with Crippen LogP contribution >= 0.6 is 0 Å². The number of aliphatic hydroxyl groups is 1. The van der Waals surface area contributed by atoms with Crippen LogP contribution in [0.5, 0.6) is 0 Å². The summed E-state index contributed by atoms with van der Waals surface area (Å²) in [4.78, 5) is 11.1. The minimum absolute atomic E-state index is 0.0233. The molecule has 17 heavy (non-hydrogen) atoms. The molecule has 4 nitrogen and oxygen atoms in total. The molecule has 0 saturated heterocycles. The second-order valence-corrected chi connectivity index (χ2v) is 4.32. The van der Waals surface area contributed by atoms with Crippen LogP contribution in [0.1, 0.15) is 31.4 Å². The highest BCUT2D eigenvalue weighted by atomic mass is 16.4. The Hall–Kier alpha value is -1.39. The van der Waals surface area contributed by atoms with Gasteiger partial charge in [-0.25, -0.2) is 0 Å². The first-order chi connectivity index (χ1) is 8.01. The van der Waals surface area contributed by atoms with Crippen LogP contribution in [0.2, 0.25) is 0 Å². The van der Waals surface area contributed by atoms with Gasteiger partial charge in [-0.1, -0.05) is 31.2 Å². The van der Waals surface area contributed by atoms with Gasteiger partial charge < -0.3 is 10.2 Å². The highest BCUT2D eigenvalue weighted by Gasteiger charge is 2.29. The van der Waals surface area contributed by atoms with Crippen LogP contribution < -0.4 is 5.32 Å². The molecule has 1 rings (SSSR count). The monoisotopic (exact) mass is 237 g/mol. The molecule has 3 N–H and O–H groups in total. The zero-order chi connectivity index (χ0) is 12.9. The van der Waals surface area contributed by atoms with Crippen LogP contribution in [0, 0.1) is 0 Å². The molecule has 0 aliphatic heterocycles. The summed E-state index contributed by atoms with van der Waals surface area (Å²) in [6.07, 6.45) is 0.525. The van der Waals surface area contributed by atoms with Crippen LogP contribution in [0.3, 0.4) is 0 Å². The van der Waals surface area contributed by atoms with Crippen LogP contribution in [0.25, 0.3) is 0 Å². The van der Waals surface area contributed by atoms with Gasteiger partial charge in [0.25, 0.3) is 0 Å². The number of carbonyl (C=O) groups is 1. The summed E-state index contributed by atoms with van der Waals surface area (Å²) >= 11 is 0. The molecule has 4 heteroatoms. The molecule has 0 heterocycles. The lowest BCUT2D eigenvalue weighted by atomic mass is 9.98. The Balaban J connectivity index is 2.63. The van der Waals surface area contributed by atoms with E-state index < -0.39 is 11.5 Å². The van der Waals surface area contributed by atoms with Gasteiger partial charge in [0.2, 0.25) is 0 Å². The highest BCUT2D eigenvalue weighted by molar-refractivity contribution is 5.78. The molecule has 0 radical (unpaired) electrons. The van der Waals surface area contributed by atoms with Gasteiger partial charge in [0.15, 0.2) is 0 Å². The van der Waals surface area contributed by atoms with Crippen molar-refractivity contribution in [3.05, 3.63) is 35.4 Å². The third kappa shape index (κ3) is 3.54. The zero-order valence-corrected chi connectivity index (χ0v) is 10.2. The molecule has 0 amide bonds. The molecule has 1 aromatic carbocycles. The summed E-state index contributed by atoms with van der Waals surface area (Å²) in [5, 5.41) is 21.0. The maximum Gasteiger partial charge on any atom is 0.323 e. The lowest BCUT2D eigenvalue weighted by molar-refractivity contribution is -0.144. The number of carboxylic acids is 1.